The molecule has 4 nitrogen and oxygen atoms in total. The Morgan fingerprint density at radius 2 is 2.27 bits per heavy atom. The second kappa shape index (κ2) is 3.08. The predicted octanol–water partition coefficient (Wildman–Crippen LogP) is 1.22. The summed E-state index contributed by atoms with van der Waals surface area (Å²) in [7, 11) is 0. The molecule has 0 atom stereocenters. The van der Waals surface area contributed by atoms with Crippen molar-refractivity contribution >= 4 is 16.7 Å². The fraction of sp³-hybridized carbons (Fsp3) is 0.273. The van der Waals surface area contributed by atoms with Crippen LogP contribution >= 0.6 is 0 Å². The fourth-order valence-corrected chi connectivity index (χ4v) is 2.00. The van der Waals surface area contributed by atoms with Gasteiger partial charge in [-0.2, -0.15) is 5.10 Å². The maximum Gasteiger partial charge on any atom is 0.129 e. The first-order valence-corrected chi connectivity index (χ1v) is 5.08. The van der Waals surface area contributed by atoms with Gasteiger partial charge >= 0.3 is 0 Å². The molecular weight excluding hydrogens is 188 g/mol. The van der Waals surface area contributed by atoms with Gasteiger partial charge in [0.2, 0.25) is 0 Å². The van der Waals surface area contributed by atoms with E-state index in [1.165, 1.54) is 5.39 Å². The number of aromatic amines is 1. The van der Waals surface area contributed by atoms with Crippen molar-refractivity contribution in [1.29, 1.82) is 0 Å². The van der Waals surface area contributed by atoms with Crippen LogP contribution in [-0.4, -0.2) is 29.1 Å². The quantitative estimate of drug-likeness (QED) is 0.727. The summed E-state index contributed by atoms with van der Waals surface area (Å²) in [4.78, 5) is 4.44. The van der Waals surface area contributed by atoms with E-state index >= 15 is 0 Å². The third-order valence-corrected chi connectivity index (χ3v) is 2.69. The van der Waals surface area contributed by atoms with E-state index in [-0.39, 0.29) is 0 Å². The molecule has 2 aromatic rings. The van der Waals surface area contributed by atoms with E-state index in [0.717, 1.165) is 35.7 Å². The van der Waals surface area contributed by atoms with Gasteiger partial charge in [-0.15, -0.1) is 0 Å². The maximum absolute atomic E-state index is 4.44. The van der Waals surface area contributed by atoms with E-state index in [1.807, 2.05) is 19.1 Å². The zero-order chi connectivity index (χ0) is 10.3. The van der Waals surface area contributed by atoms with E-state index in [0.29, 0.717) is 0 Å². The SMILES string of the molecule is Cc1[nH]nc2cccc(C3=NCCN3)c12. The number of aromatic nitrogens is 2. The van der Waals surface area contributed by atoms with Crippen molar-refractivity contribution in [2.45, 2.75) is 6.92 Å². The molecule has 0 spiro atoms. The van der Waals surface area contributed by atoms with Crippen molar-refractivity contribution in [1.82, 2.24) is 15.5 Å². The molecule has 0 bridgehead atoms. The molecule has 76 valence electrons. The number of benzene rings is 1. The highest BCUT2D eigenvalue weighted by Gasteiger charge is 2.13. The number of nitrogens with one attached hydrogen (secondary N) is 2. The summed E-state index contributed by atoms with van der Waals surface area (Å²) in [6.07, 6.45) is 0. The molecule has 0 fully saturated rings. The van der Waals surface area contributed by atoms with Gasteiger partial charge in [0.1, 0.15) is 5.84 Å². The topological polar surface area (TPSA) is 53.1 Å². The number of nitrogens with zero attached hydrogens (tertiary/aromatic N) is 2. The van der Waals surface area contributed by atoms with Gasteiger partial charge in [-0.25, -0.2) is 0 Å². The van der Waals surface area contributed by atoms with Crippen molar-refractivity contribution in [3.63, 3.8) is 0 Å². The summed E-state index contributed by atoms with van der Waals surface area (Å²) in [5, 5.41) is 11.7. The van der Waals surface area contributed by atoms with Crippen LogP contribution in [0.25, 0.3) is 10.9 Å². The van der Waals surface area contributed by atoms with E-state index in [4.69, 9.17) is 0 Å². The number of aliphatic imine (C=N–C) groups is 1. The molecule has 0 radical (unpaired) electrons. The maximum atomic E-state index is 4.44. The molecule has 1 aromatic carbocycles. The summed E-state index contributed by atoms with van der Waals surface area (Å²) >= 11 is 0. The zero-order valence-electron chi connectivity index (χ0n) is 8.54. The molecule has 0 saturated carbocycles. The molecule has 3 rings (SSSR count). The lowest BCUT2D eigenvalue weighted by atomic mass is 10.1. The van der Waals surface area contributed by atoms with Gasteiger partial charge in [-0.05, 0) is 13.0 Å². The Kier molecular flexibility index (Phi) is 1.74. The lowest BCUT2D eigenvalue weighted by Gasteiger charge is -2.03. The van der Waals surface area contributed by atoms with Crippen LogP contribution in [-0.2, 0) is 0 Å². The van der Waals surface area contributed by atoms with Crippen molar-refractivity contribution in [3.05, 3.63) is 29.5 Å². The van der Waals surface area contributed by atoms with Crippen LogP contribution in [0.15, 0.2) is 23.2 Å². The van der Waals surface area contributed by atoms with E-state index in [9.17, 15) is 0 Å². The highest BCUT2D eigenvalue weighted by atomic mass is 15.1. The molecule has 0 saturated heterocycles. The molecule has 1 aromatic heterocycles. The Labute approximate surface area is 87.4 Å². The van der Waals surface area contributed by atoms with Crippen LogP contribution in [0.2, 0.25) is 0 Å². The largest absolute Gasteiger partial charge is 0.368 e. The zero-order valence-corrected chi connectivity index (χ0v) is 8.54. The first-order chi connectivity index (χ1) is 7.36. The highest BCUT2D eigenvalue weighted by molar-refractivity contribution is 6.10. The number of hydrogen-bond donors (Lipinski definition) is 2. The monoisotopic (exact) mass is 200 g/mol. The van der Waals surface area contributed by atoms with Gasteiger partial charge in [0.25, 0.3) is 0 Å². The molecular formula is C11H12N4. The number of amidine groups is 1. The smallest absolute Gasteiger partial charge is 0.129 e. The van der Waals surface area contributed by atoms with E-state index < -0.39 is 0 Å². The van der Waals surface area contributed by atoms with Gasteiger partial charge in [0, 0.05) is 23.2 Å². The summed E-state index contributed by atoms with van der Waals surface area (Å²) in [5.74, 6) is 0.991. The predicted molar refractivity (Wildman–Crippen MR) is 60.2 cm³/mol. The summed E-state index contributed by atoms with van der Waals surface area (Å²) < 4.78 is 0. The van der Waals surface area contributed by atoms with Crippen LogP contribution in [0.1, 0.15) is 11.3 Å². The second-order valence-corrected chi connectivity index (χ2v) is 3.71. The molecule has 0 amide bonds. The molecule has 2 heterocycles. The van der Waals surface area contributed by atoms with Gasteiger partial charge in [0.05, 0.1) is 12.1 Å². The average Bonchev–Trinajstić information content (AvgIpc) is 2.88. The summed E-state index contributed by atoms with van der Waals surface area (Å²) in [5.41, 5.74) is 3.25. The van der Waals surface area contributed by atoms with Crippen molar-refractivity contribution in [2.75, 3.05) is 13.1 Å². The molecule has 2 N–H and O–H groups in total. The molecule has 15 heavy (non-hydrogen) atoms. The lowest BCUT2D eigenvalue weighted by Crippen LogP contribution is -2.19. The van der Waals surface area contributed by atoms with Gasteiger partial charge in [-0.1, -0.05) is 12.1 Å². The van der Waals surface area contributed by atoms with Crippen LogP contribution in [0.5, 0.6) is 0 Å². The Morgan fingerprint density at radius 3 is 3.07 bits per heavy atom. The number of H-pyrrole nitrogens is 1. The minimum absolute atomic E-state index is 0.864. The Bertz CT molecular complexity index is 539. The first-order valence-electron chi connectivity index (χ1n) is 5.08. The van der Waals surface area contributed by atoms with Gasteiger partial charge < -0.3 is 5.32 Å². The minimum atomic E-state index is 0.864. The molecule has 4 heteroatoms. The molecule has 1 aliphatic heterocycles. The normalized spacial score (nSPS) is 15.4. The van der Waals surface area contributed by atoms with E-state index in [1.54, 1.807) is 0 Å². The molecule has 1 aliphatic rings. The number of hydrogen-bond acceptors (Lipinski definition) is 3. The van der Waals surface area contributed by atoms with Crippen LogP contribution < -0.4 is 5.32 Å². The Morgan fingerprint density at radius 1 is 1.33 bits per heavy atom. The van der Waals surface area contributed by atoms with Crippen molar-refractivity contribution in [3.8, 4) is 0 Å². The van der Waals surface area contributed by atoms with Crippen LogP contribution in [0.3, 0.4) is 0 Å². The van der Waals surface area contributed by atoms with Crippen LogP contribution in [0.4, 0.5) is 0 Å². The average molecular weight is 200 g/mol. The van der Waals surface area contributed by atoms with Crippen molar-refractivity contribution in [2.24, 2.45) is 4.99 Å². The number of rotatable bonds is 1. The first kappa shape index (κ1) is 8.47. The third kappa shape index (κ3) is 1.21. The number of aryl methyl sites for hydroxylation is 1. The molecule has 0 unspecified atom stereocenters. The van der Waals surface area contributed by atoms with E-state index in [2.05, 4.69) is 26.6 Å². The van der Waals surface area contributed by atoms with Gasteiger partial charge in [0.15, 0.2) is 0 Å². The number of fused-ring (bicyclic) bond motifs is 1. The second-order valence-electron chi connectivity index (χ2n) is 3.71. The summed E-state index contributed by atoms with van der Waals surface area (Å²) in [6.45, 7) is 3.83. The minimum Gasteiger partial charge on any atom is -0.368 e. The third-order valence-electron chi connectivity index (χ3n) is 2.69. The standard InChI is InChI=1S/C11H12N4/c1-7-10-8(11-12-5-6-13-11)3-2-4-9(10)15-14-7/h2-4H,5-6H2,1H3,(H,12,13)(H,14,15). The summed E-state index contributed by atoms with van der Waals surface area (Å²) in [6, 6.07) is 6.11. The van der Waals surface area contributed by atoms with Crippen molar-refractivity contribution < 1.29 is 0 Å². The fourth-order valence-electron chi connectivity index (χ4n) is 2.00. The van der Waals surface area contributed by atoms with Crippen LogP contribution in [0, 0.1) is 6.92 Å². The Hall–Kier alpha value is -1.84. The Balaban J connectivity index is 2.29. The lowest BCUT2D eigenvalue weighted by molar-refractivity contribution is 0.960. The molecule has 0 aliphatic carbocycles. The van der Waals surface area contributed by atoms with Gasteiger partial charge in [-0.3, -0.25) is 10.1 Å². The highest BCUT2D eigenvalue weighted by Crippen LogP contribution is 2.20.